The van der Waals surface area contributed by atoms with Crippen molar-refractivity contribution in [1.82, 2.24) is 4.98 Å². The summed E-state index contributed by atoms with van der Waals surface area (Å²) in [5.74, 6) is 0.264. The Morgan fingerprint density at radius 1 is 1.31 bits per heavy atom. The SMILES string of the molecule is CCCC(C)c1ccc(C(F)(F)F)nc1C. The van der Waals surface area contributed by atoms with Crippen molar-refractivity contribution in [3.63, 3.8) is 0 Å². The first-order chi connectivity index (χ1) is 7.36. The molecule has 1 nitrogen and oxygen atoms in total. The van der Waals surface area contributed by atoms with Gasteiger partial charge in [0.05, 0.1) is 0 Å². The third-order valence-electron chi connectivity index (χ3n) is 2.67. The van der Waals surface area contributed by atoms with Gasteiger partial charge in [0.25, 0.3) is 0 Å². The average molecular weight is 231 g/mol. The number of pyridine rings is 1. The van der Waals surface area contributed by atoms with Crippen molar-refractivity contribution in [2.24, 2.45) is 0 Å². The monoisotopic (exact) mass is 231 g/mol. The molecule has 0 amide bonds. The Morgan fingerprint density at radius 2 is 1.94 bits per heavy atom. The number of alkyl halides is 3. The summed E-state index contributed by atoms with van der Waals surface area (Å²) >= 11 is 0. The molecule has 1 atom stereocenters. The van der Waals surface area contributed by atoms with Crippen LogP contribution in [0.15, 0.2) is 12.1 Å². The standard InChI is InChI=1S/C12H16F3N/c1-4-5-8(2)10-6-7-11(12(13,14)15)16-9(10)3/h6-8H,4-5H2,1-3H3. The lowest BCUT2D eigenvalue weighted by atomic mass is 9.95. The van der Waals surface area contributed by atoms with E-state index in [0.29, 0.717) is 5.69 Å². The molecule has 0 aliphatic rings. The molecule has 1 unspecified atom stereocenters. The summed E-state index contributed by atoms with van der Waals surface area (Å²) in [7, 11) is 0. The van der Waals surface area contributed by atoms with Gasteiger partial charge in [0, 0.05) is 5.69 Å². The third-order valence-corrected chi connectivity index (χ3v) is 2.67. The Hall–Kier alpha value is -1.06. The van der Waals surface area contributed by atoms with Gasteiger partial charge in [-0.1, -0.05) is 26.3 Å². The molecule has 0 bridgehead atoms. The highest BCUT2D eigenvalue weighted by atomic mass is 19.4. The van der Waals surface area contributed by atoms with Crippen LogP contribution in [-0.2, 0) is 6.18 Å². The van der Waals surface area contributed by atoms with Crippen LogP contribution in [0.3, 0.4) is 0 Å². The number of nitrogens with zero attached hydrogens (tertiary/aromatic N) is 1. The fraction of sp³-hybridized carbons (Fsp3) is 0.583. The summed E-state index contributed by atoms with van der Waals surface area (Å²) in [6.45, 7) is 5.71. The molecule has 0 saturated heterocycles. The van der Waals surface area contributed by atoms with Crippen molar-refractivity contribution in [1.29, 1.82) is 0 Å². The Morgan fingerprint density at radius 3 is 2.38 bits per heavy atom. The van der Waals surface area contributed by atoms with Gasteiger partial charge in [-0.05, 0) is 30.9 Å². The lowest BCUT2D eigenvalue weighted by Gasteiger charge is -2.15. The van der Waals surface area contributed by atoms with Crippen molar-refractivity contribution < 1.29 is 13.2 Å². The van der Waals surface area contributed by atoms with Gasteiger partial charge in [-0.25, -0.2) is 4.98 Å². The minimum Gasteiger partial charge on any atom is -0.248 e. The number of hydrogen-bond donors (Lipinski definition) is 0. The largest absolute Gasteiger partial charge is 0.433 e. The summed E-state index contributed by atoms with van der Waals surface area (Å²) < 4.78 is 37.2. The van der Waals surface area contributed by atoms with Gasteiger partial charge in [-0.3, -0.25) is 0 Å². The summed E-state index contributed by atoms with van der Waals surface area (Å²) in [5, 5.41) is 0. The van der Waals surface area contributed by atoms with Gasteiger partial charge in [-0.2, -0.15) is 13.2 Å². The molecule has 1 aromatic rings. The highest BCUT2D eigenvalue weighted by Gasteiger charge is 2.32. The predicted molar refractivity (Wildman–Crippen MR) is 57.3 cm³/mol. The van der Waals surface area contributed by atoms with Gasteiger partial charge >= 0.3 is 6.18 Å². The molecule has 4 heteroatoms. The number of aryl methyl sites for hydroxylation is 1. The van der Waals surface area contributed by atoms with E-state index in [1.165, 1.54) is 0 Å². The number of halogens is 3. The van der Waals surface area contributed by atoms with Crippen molar-refractivity contribution >= 4 is 0 Å². The number of hydrogen-bond acceptors (Lipinski definition) is 1. The molecule has 0 aliphatic carbocycles. The molecule has 0 fully saturated rings. The molecular weight excluding hydrogens is 215 g/mol. The molecule has 0 aromatic carbocycles. The molecule has 1 rings (SSSR count). The van der Waals surface area contributed by atoms with E-state index >= 15 is 0 Å². The molecule has 1 heterocycles. The van der Waals surface area contributed by atoms with Crippen molar-refractivity contribution in [3.05, 3.63) is 29.1 Å². The van der Waals surface area contributed by atoms with E-state index in [0.717, 1.165) is 24.5 Å². The third kappa shape index (κ3) is 2.97. The Kier molecular flexibility index (Phi) is 3.94. The topological polar surface area (TPSA) is 12.9 Å². The van der Waals surface area contributed by atoms with Crippen LogP contribution in [0.4, 0.5) is 13.2 Å². The first-order valence-electron chi connectivity index (χ1n) is 5.41. The van der Waals surface area contributed by atoms with E-state index in [4.69, 9.17) is 0 Å². The lowest BCUT2D eigenvalue weighted by molar-refractivity contribution is -0.141. The second kappa shape index (κ2) is 4.85. The highest BCUT2D eigenvalue weighted by molar-refractivity contribution is 5.26. The zero-order valence-electron chi connectivity index (χ0n) is 9.73. The summed E-state index contributed by atoms with van der Waals surface area (Å²) in [4.78, 5) is 3.62. The number of aromatic nitrogens is 1. The van der Waals surface area contributed by atoms with E-state index in [1.807, 2.05) is 6.92 Å². The van der Waals surface area contributed by atoms with E-state index in [-0.39, 0.29) is 5.92 Å². The molecule has 1 aromatic heterocycles. The van der Waals surface area contributed by atoms with Crippen LogP contribution < -0.4 is 0 Å². The number of rotatable bonds is 3. The summed E-state index contributed by atoms with van der Waals surface area (Å²) in [6, 6.07) is 2.61. The van der Waals surface area contributed by atoms with Gasteiger partial charge < -0.3 is 0 Å². The highest BCUT2D eigenvalue weighted by Crippen LogP contribution is 2.30. The Balaban J connectivity index is 3.00. The van der Waals surface area contributed by atoms with Crippen LogP contribution in [0.25, 0.3) is 0 Å². The van der Waals surface area contributed by atoms with Crippen LogP contribution in [0.5, 0.6) is 0 Å². The van der Waals surface area contributed by atoms with Crippen LogP contribution in [0.2, 0.25) is 0 Å². The van der Waals surface area contributed by atoms with Crippen LogP contribution in [0.1, 0.15) is 49.6 Å². The van der Waals surface area contributed by atoms with Crippen LogP contribution in [0, 0.1) is 6.92 Å². The fourth-order valence-electron chi connectivity index (χ4n) is 1.84. The molecule has 0 saturated carbocycles. The minimum atomic E-state index is -4.35. The maximum Gasteiger partial charge on any atom is 0.433 e. The molecule has 16 heavy (non-hydrogen) atoms. The van der Waals surface area contributed by atoms with E-state index in [2.05, 4.69) is 11.9 Å². The molecule has 0 N–H and O–H groups in total. The smallest absolute Gasteiger partial charge is 0.248 e. The van der Waals surface area contributed by atoms with Crippen molar-refractivity contribution in [2.45, 2.75) is 45.7 Å². The lowest BCUT2D eigenvalue weighted by Crippen LogP contribution is -2.10. The molecule has 0 radical (unpaired) electrons. The summed E-state index contributed by atoms with van der Waals surface area (Å²) in [6.07, 6.45) is -2.37. The normalized spacial score (nSPS) is 13.9. The quantitative estimate of drug-likeness (QED) is 0.755. The van der Waals surface area contributed by atoms with Crippen LogP contribution in [-0.4, -0.2) is 4.98 Å². The van der Waals surface area contributed by atoms with E-state index in [9.17, 15) is 13.2 Å². The van der Waals surface area contributed by atoms with E-state index < -0.39 is 11.9 Å². The first kappa shape index (κ1) is 13.0. The fourth-order valence-corrected chi connectivity index (χ4v) is 1.84. The molecular formula is C12H16F3N. The average Bonchev–Trinajstić information content (AvgIpc) is 2.16. The second-order valence-electron chi connectivity index (χ2n) is 4.06. The minimum absolute atomic E-state index is 0.264. The Labute approximate surface area is 93.7 Å². The van der Waals surface area contributed by atoms with Crippen molar-refractivity contribution in [2.75, 3.05) is 0 Å². The Bertz CT molecular complexity index is 358. The van der Waals surface area contributed by atoms with Crippen LogP contribution >= 0.6 is 0 Å². The van der Waals surface area contributed by atoms with Gasteiger partial charge in [0.15, 0.2) is 0 Å². The zero-order chi connectivity index (χ0) is 12.3. The predicted octanol–water partition coefficient (Wildman–Crippen LogP) is 4.31. The molecule has 0 spiro atoms. The summed E-state index contributed by atoms with van der Waals surface area (Å²) in [5.41, 5.74) is 0.586. The first-order valence-corrected chi connectivity index (χ1v) is 5.41. The maximum absolute atomic E-state index is 12.4. The molecule has 90 valence electrons. The van der Waals surface area contributed by atoms with Gasteiger partial charge in [0.2, 0.25) is 0 Å². The van der Waals surface area contributed by atoms with Gasteiger partial charge in [0.1, 0.15) is 5.69 Å². The van der Waals surface area contributed by atoms with Crippen molar-refractivity contribution in [3.8, 4) is 0 Å². The zero-order valence-corrected chi connectivity index (χ0v) is 9.73. The molecule has 0 aliphatic heterocycles. The second-order valence-corrected chi connectivity index (χ2v) is 4.06. The van der Waals surface area contributed by atoms with Gasteiger partial charge in [-0.15, -0.1) is 0 Å². The van der Waals surface area contributed by atoms with E-state index in [1.54, 1.807) is 13.0 Å². The maximum atomic E-state index is 12.4.